The maximum absolute atomic E-state index is 4.24. The highest BCUT2D eigenvalue weighted by atomic mass is 32.1. The maximum Gasteiger partial charge on any atom is 0.0837 e. The van der Waals surface area contributed by atoms with E-state index in [-0.39, 0.29) is 0 Å². The van der Waals surface area contributed by atoms with Gasteiger partial charge in [-0.3, -0.25) is 0 Å². The second kappa shape index (κ2) is 3.26. The first-order valence-corrected chi connectivity index (χ1v) is 4.48. The molecule has 0 spiro atoms. The van der Waals surface area contributed by atoms with E-state index >= 15 is 0 Å². The van der Waals surface area contributed by atoms with Gasteiger partial charge >= 0.3 is 0 Å². The van der Waals surface area contributed by atoms with Gasteiger partial charge in [0.25, 0.3) is 0 Å². The molecular formula is C10H10N2S. The SMILES string of the molecule is Cc1cnn(S)c1-c1ccccc1. The summed E-state index contributed by atoms with van der Waals surface area (Å²) in [6.07, 6.45) is 1.81. The maximum atomic E-state index is 4.24. The van der Waals surface area contributed by atoms with Crippen LogP contribution in [0.2, 0.25) is 0 Å². The van der Waals surface area contributed by atoms with Crippen molar-refractivity contribution in [3.63, 3.8) is 0 Å². The third-order valence-electron chi connectivity index (χ3n) is 1.98. The summed E-state index contributed by atoms with van der Waals surface area (Å²) in [5.74, 6) is 0. The highest BCUT2D eigenvalue weighted by Crippen LogP contribution is 2.22. The van der Waals surface area contributed by atoms with E-state index in [0.717, 1.165) is 16.8 Å². The molecule has 0 bridgehead atoms. The van der Waals surface area contributed by atoms with E-state index in [1.165, 1.54) is 0 Å². The minimum Gasteiger partial charge on any atom is -0.209 e. The topological polar surface area (TPSA) is 17.8 Å². The van der Waals surface area contributed by atoms with Crippen LogP contribution in [0.4, 0.5) is 0 Å². The largest absolute Gasteiger partial charge is 0.209 e. The van der Waals surface area contributed by atoms with Crippen molar-refractivity contribution < 1.29 is 0 Å². The molecule has 1 aromatic carbocycles. The summed E-state index contributed by atoms with van der Waals surface area (Å²) in [4.78, 5) is 0. The van der Waals surface area contributed by atoms with Gasteiger partial charge in [0.2, 0.25) is 0 Å². The first-order chi connectivity index (χ1) is 6.29. The Kier molecular flexibility index (Phi) is 2.10. The number of nitrogens with zero attached hydrogens (tertiary/aromatic N) is 2. The van der Waals surface area contributed by atoms with Crippen molar-refractivity contribution in [1.82, 2.24) is 9.19 Å². The van der Waals surface area contributed by atoms with Crippen molar-refractivity contribution in [3.05, 3.63) is 42.1 Å². The molecule has 0 amide bonds. The number of aromatic nitrogens is 2. The minimum atomic E-state index is 1.06. The molecular weight excluding hydrogens is 180 g/mol. The normalized spacial score (nSPS) is 10.3. The number of rotatable bonds is 1. The summed E-state index contributed by atoms with van der Waals surface area (Å²) in [6.45, 7) is 2.03. The molecule has 13 heavy (non-hydrogen) atoms. The van der Waals surface area contributed by atoms with Crippen LogP contribution in [-0.4, -0.2) is 9.19 Å². The van der Waals surface area contributed by atoms with Crippen molar-refractivity contribution >= 4 is 12.8 Å². The van der Waals surface area contributed by atoms with Gasteiger partial charge in [-0.25, -0.2) is 4.09 Å². The predicted molar refractivity (Wildman–Crippen MR) is 56.8 cm³/mol. The Morgan fingerprint density at radius 3 is 2.46 bits per heavy atom. The van der Waals surface area contributed by atoms with E-state index < -0.39 is 0 Å². The number of hydrogen-bond acceptors (Lipinski definition) is 2. The second-order valence-corrected chi connectivity index (χ2v) is 3.31. The summed E-state index contributed by atoms with van der Waals surface area (Å²) in [5.41, 5.74) is 3.35. The molecule has 0 aliphatic carbocycles. The van der Waals surface area contributed by atoms with Crippen LogP contribution in [0.5, 0.6) is 0 Å². The Bertz CT molecular complexity index is 387. The highest BCUT2D eigenvalue weighted by molar-refractivity contribution is 7.78. The van der Waals surface area contributed by atoms with E-state index in [1.54, 1.807) is 4.09 Å². The van der Waals surface area contributed by atoms with Crippen molar-refractivity contribution in [2.75, 3.05) is 0 Å². The van der Waals surface area contributed by atoms with Gasteiger partial charge < -0.3 is 0 Å². The number of hydrogen-bond donors (Lipinski definition) is 1. The van der Waals surface area contributed by atoms with Crippen LogP contribution in [0.1, 0.15) is 5.56 Å². The number of thiol groups is 1. The van der Waals surface area contributed by atoms with Crippen LogP contribution in [-0.2, 0) is 0 Å². The van der Waals surface area contributed by atoms with Crippen molar-refractivity contribution in [2.45, 2.75) is 6.92 Å². The molecule has 1 aromatic heterocycles. The average Bonchev–Trinajstić information content (AvgIpc) is 2.48. The van der Waals surface area contributed by atoms with Gasteiger partial charge in [-0.1, -0.05) is 30.3 Å². The summed E-state index contributed by atoms with van der Waals surface area (Å²) in [7, 11) is 0. The molecule has 66 valence electrons. The molecule has 0 saturated heterocycles. The van der Waals surface area contributed by atoms with Gasteiger partial charge in [0.05, 0.1) is 11.9 Å². The van der Waals surface area contributed by atoms with Gasteiger partial charge in [0, 0.05) is 5.56 Å². The van der Waals surface area contributed by atoms with Gasteiger partial charge in [-0.2, -0.15) is 5.10 Å². The molecule has 2 aromatic rings. The van der Waals surface area contributed by atoms with Crippen LogP contribution in [0.15, 0.2) is 36.5 Å². The van der Waals surface area contributed by atoms with E-state index in [0.29, 0.717) is 0 Å². The second-order valence-electron chi connectivity index (χ2n) is 2.93. The van der Waals surface area contributed by atoms with Crippen LogP contribution < -0.4 is 0 Å². The lowest BCUT2D eigenvalue weighted by Gasteiger charge is -2.01. The van der Waals surface area contributed by atoms with E-state index in [1.807, 2.05) is 31.3 Å². The minimum absolute atomic E-state index is 1.06. The van der Waals surface area contributed by atoms with E-state index in [4.69, 9.17) is 0 Å². The molecule has 0 fully saturated rings. The molecule has 3 heteroatoms. The smallest absolute Gasteiger partial charge is 0.0837 e. The number of benzene rings is 1. The molecule has 0 atom stereocenters. The zero-order chi connectivity index (χ0) is 9.26. The molecule has 0 saturated carbocycles. The zero-order valence-electron chi connectivity index (χ0n) is 7.31. The molecule has 1 heterocycles. The monoisotopic (exact) mass is 190 g/mol. The molecule has 0 radical (unpaired) electrons. The van der Waals surface area contributed by atoms with Crippen molar-refractivity contribution in [1.29, 1.82) is 0 Å². The highest BCUT2D eigenvalue weighted by Gasteiger charge is 2.06. The lowest BCUT2D eigenvalue weighted by atomic mass is 10.1. The predicted octanol–water partition coefficient (Wildman–Crippen LogP) is 2.55. The fourth-order valence-electron chi connectivity index (χ4n) is 1.36. The quantitative estimate of drug-likeness (QED) is 0.684. The molecule has 0 N–H and O–H groups in total. The lowest BCUT2D eigenvalue weighted by Crippen LogP contribution is -1.87. The third kappa shape index (κ3) is 1.47. The van der Waals surface area contributed by atoms with Crippen molar-refractivity contribution in [3.8, 4) is 11.3 Å². The van der Waals surface area contributed by atoms with Crippen LogP contribution in [0, 0.1) is 6.92 Å². The molecule has 0 unspecified atom stereocenters. The summed E-state index contributed by atoms with van der Waals surface area (Å²) in [6, 6.07) is 10.1. The summed E-state index contributed by atoms with van der Waals surface area (Å²) < 4.78 is 1.60. The van der Waals surface area contributed by atoms with Gasteiger partial charge in [0.15, 0.2) is 0 Å². The average molecular weight is 190 g/mol. The summed E-state index contributed by atoms with van der Waals surface area (Å²) in [5, 5.41) is 4.07. The standard InChI is InChI=1S/C10H10N2S/c1-8-7-11-12(13)10(8)9-5-3-2-4-6-9/h2-7,13H,1H3. The third-order valence-corrected chi connectivity index (χ3v) is 2.28. The Hall–Kier alpha value is -1.22. The Morgan fingerprint density at radius 2 is 1.92 bits per heavy atom. The molecule has 2 rings (SSSR count). The Morgan fingerprint density at radius 1 is 1.23 bits per heavy atom. The van der Waals surface area contributed by atoms with Crippen LogP contribution in [0.25, 0.3) is 11.3 Å². The number of aryl methyl sites for hydroxylation is 1. The zero-order valence-corrected chi connectivity index (χ0v) is 8.20. The van der Waals surface area contributed by atoms with E-state index in [2.05, 4.69) is 30.0 Å². The molecule has 0 aliphatic heterocycles. The van der Waals surface area contributed by atoms with Gasteiger partial charge in [0.1, 0.15) is 0 Å². The first-order valence-electron chi connectivity index (χ1n) is 4.08. The van der Waals surface area contributed by atoms with Crippen LogP contribution >= 0.6 is 12.8 Å². The van der Waals surface area contributed by atoms with Gasteiger partial charge in [-0.05, 0) is 25.3 Å². The fraction of sp³-hybridized carbons (Fsp3) is 0.100. The van der Waals surface area contributed by atoms with Crippen molar-refractivity contribution in [2.24, 2.45) is 0 Å². The van der Waals surface area contributed by atoms with E-state index in [9.17, 15) is 0 Å². The fourth-order valence-corrected chi connectivity index (χ4v) is 1.68. The molecule has 2 nitrogen and oxygen atoms in total. The van der Waals surface area contributed by atoms with Gasteiger partial charge in [-0.15, -0.1) is 0 Å². The first kappa shape index (κ1) is 8.38. The van der Waals surface area contributed by atoms with Crippen LogP contribution in [0.3, 0.4) is 0 Å². The summed E-state index contributed by atoms with van der Waals surface area (Å²) >= 11 is 4.24. The lowest BCUT2D eigenvalue weighted by molar-refractivity contribution is 1.03. The molecule has 0 aliphatic rings. The Labute approximate surface area is 82.8 Å². The Balaban J connectivity index is 2.59.